The van der Waals surface area contributed by atoms with Gasteiger partial charge in [0.15, 0.2) is 6.21 Å². The summed E-state index contributed by atoms with van der Waals surface area (Å²) in [5.74, 6) is 0. The Morgan fingerprint density at radius 1 is 0.619 bits per heavy atom. The minimum atomic E-state index is 0.629. The first-order valence-electron chi connectivity index (χ1n) is 6.85. The third kappa shape index (κ3) is 3.18. The van der Waals surface area contributed by atoms with Crippen molar-refractivity contribution in [3.8, 4) is 11.1 Å². The summed E-state index contributed by atoms with van der Waals surface area (Å²) in [6.07, 6.45) is 1.59. The van der Waals surface area contributed by atoms with Gasteiger partial charge in [-0.25, -0.2) is 0 Å². The number of hydrogen-bond acceptors (Lipinski definition) is 1. The van der Waals surface area contributed by atoms with Crippen molar-refractivity contribution in [1.29, 1.82) is 0 Å². The molecule has 2 nitrogen and oxygen atoms in total. The van der Waals surface area contributed by atoms with Crippen LogP contribution in [-0.4, -0.2) is 11.0 Å². The normalized spacial score (nSPS) is 11.3. The fourth-order valence-electron chi connectivity index (χ4n) is 2.18. The summed E-state index contributed by atoms with van der Waals surface area (Å²) in [5, 5.41) is 12.0. The second kappa shape index (κ2) is 6.06. The highest BCUT2D eigenvalue weighted by Crippen LogP contribution is 2.19. The first-order chi connectivity index (χ1) is 10.3. The van der Waals surface area contributed by atoms with Gasteiger partial charge in [0.05, 0.1) is 0 Å². The van der Waals surface area contributed by atoms with E-state index in [1.165, 1.54) is 5.56 Å². The molecule has 0 saturated heterocycles. The number of rotatable bonds is 3. The topological polar surface area (TPSA) is 26.1 Å². The summed E-state index contributed by atoms with van der Waals surface area (Å²) < 4.78 is 0.886. The van der Waals surface area contributed by atoms with Gasteiger partial charge in [-0.15, -0.1) is 0 Å². The molecule has 0 N–H and O–H groups in total. The number of benzene rings is 3. The average molecular weight is 273 g/mol. The molecule has 0 aliphatic heterocycles. The van der Waals surface area contributed by atoms with Gasteiger partial charge in [0.1, 0.15) is 0 Å². The maximum atomic E-state index is 12.0. The lowest BCUT2D eigenvalue weighted by molar-refractivity contribution is -0.354. The Morgan fingerprint density at radius 3 is 1.76 bits per heavy atom. The van der Waals surface area contributed by atoms with Crippen LogP contribution in [0.4, 0.5) is 5.69 Å². The molecule has 0 bridgehead atoms. The summed E-state index contributed by atoms with van der Waals surface area (Å²) in [4.78, 5) is 0. The average Bonchev–Trinajstić information content (AvgIpc) is 2.57. The second-order valence-corrected chi connectivity index (χ2v) is 4.78. The molecule has 0 spiro atoms. The Bertz CT molecular complexity index is 732. The van der Waals surface area contributed by atoms with E-state index in [9.17, 15) is 5.21 Å². The number of nitrogens with zero attached hydrogens (tertiary/aromatic N) is 1. The van der Waals surface area contributed by atoms with Crippen molar-refractivity contribution >= 4 is 11.9 Å². The van der Waals surface area contributed by atoms with Crippen molar-refractivity contribution in [3.63, 3.8) is 0 Å². The highest BCUT2D eigenvalue weighted by Gasteiger charge is 2.01. The Morgan fingerprint density at radius 2 is 1.14 bits per heavy atom. The quantitative estimate of drug-likeness (QED) is 0.296. The SMILES string of the molecule is [O-]/[N+](=C\c1ccc(-c2ccccc2)cc1)c1ccccc1. The highest BCUT2D eigenvalue weighted by molar-refractivity contribution is 5.78. The van der Waals surface area contributed by atoms with E-state index in [1.807, 2.05) is 60.7 Å². The van der Waals surface area contributed by atoms with Crippen molar-refractivity contribution in [2.75, 3.05) is 0 Å². The standard InChI is InChI=1S/C19H15NO/c21-20(19-9-5-2-6-10-19)15-16-11-13-18(14-12-16)17-7-3-1-4-8-17/h1-15H/b20-15-. The Hall–Kier alpha value is -2.87. The summed E-state index contributed by atoms with van der Waals surface area (Å²) in [5.41, 5.74) is 3.83. The molecule has 0 fully saturated rings. The van der Waals surface area contributed by atoms with Gasteiger partial charge in [-0.1, -0.05) is 60.7 Å². The van der Waals surface area contributed by atoms with E-state index < -0.39 is 0 Å². The molecule has 0 amide bonds. The molecule has 0 heterocycles. The summed E-state index contributed by atoms with van der Waals surface area (Å²) in [6.45, 7) is 0. The molecule has 3 aromatic carbocycles. The zero-order valence-corrected chi connectivity index (χ0v) is 11.5. The Balaban J connectivity index is 1.85. The largest absolute Gasteiger partial charge is 0.618 e. The molecule has 0 aliphatic carbocycles. The van der Waals surface area contributed by atoms with E-state index in [2.05, 4.69) is 12.1 Å². The molecule has 3 rings (SSSR count). The van der Waals surface area contributed by atoms with E-state index >= 15 is 0 Å². The van der Waals surface area contributed by atoms with Crippen LogP contribution in [0.5, 0.6) is 0 Å². The van der Waals surface area contributed by atoms with Crippen molar-refractivity contribution < 1.29 is 4.74 Å². The number of para-hydroxylation sites is 1. The van der Waals surface area contributed by atoms with E-state index in [4.69, 9.17) is 0 Å². The Kier molecular flexibility index (Phi) is 3.79. The lowest BCUT2D eigenvalue weighted by Crippen LogP contribution is -1.98. The molecular weight excluding hydrogens is 258 g/mol. The molecule has 0 radical (unpaired) electrons. The van der Waals surface area contributed by atoms with Gasteiger partial charge in [0, 0.05) is 17.7 Å². The third-order valence-electron chi connectivity index (χ3n) is 3.29. The van der Waals surface area contributed by atoms with Crippen LogP contribution in [0.3, 0.4) is 0 Å². The van der Waals surface area contributed by atoms with Crippen LogP contribution < -0.4 is 0 Å². The lowest BCUT2D eigenvalue weighted by Gasteiger charge is -2.04. The van der Waals surface area contributed by atoms with Crippen LogP contribution in [0, 0.1) is 5.21 Å². The maximum absolute atomic E-state index is 12.0. The fraction of sp³-hybridized carbons (Fsp3) is 0. The molecule has 0 aromatic heterocycles. The zero-order chi connectivity index (χ0) is 14.5. The van der Waals surface area contributed by atoms with E-state index in [-0.39, 0.29) is 0 Å². The molecule has 3 aromatic rings. The smallest absolute Gasteiger partial charge is 0.216 e. The predicted octanol–water partition coefficient (Wildman–Crippen LogP) is 4.61. The predicted molar refractivity (Wildman–Crippen MR) is 86.8 cm³/mol. The fourth-order valence-corrected chi connectivity index (χ4v) is 2.18. The van der Waals surface area contributed by atoms with Gasteiger partial charge < -0.3 is 5.21 Å². The van der Waals surface area contributed by atoms with Crippen LogP contribution in [0.2, 0.25) is 0 Å². The van der Waals surface area contributed by atoms with Crippen LogP contribution in [0.25, 0.3) is 11.1 Å². The zero-order valence-electron chi connectivity index (χ0n) is 11.5. The minimum absolute atomic E-state index is 0.629. The van der Waals surface area contributed by atoms with Crippen LogP contribution in [-0.2, 0) is 0 Å². The van der Waals surface area contributed by atoms with E-state index in [1.54, 1.807) is 18.3 Å². The molecule has 2 heteroatoms. The van der Waals surface area contributed by atoms with E-state index in [0.717, 1.165) is 15.9 Å². The number of hydrogen-bond donors (Lipinski definition) is 0. The van der Waals surface area contributed by atoms with Crippen molar-refractivity contribution in [1.82, 2.24) is 0 Å². The van der Waals surface area contributed by atoms with Crippen LogP contribution in [0.1, 0.15) is 5.56 Å². The maximum Gasteiger partial charge on any atom is 0.216 e. The Labute approximate surface area is 124 Å². The van der Waals surface area contributed by atoms with Crippen molar-refractivity contribution in [3.05, 3.63) is 95.7 Å². The molecule has 102 valence electrons. The molecule has 0 saturated carbocycles. The highest BCUT2D eigenvalue weighted by atomic mass is 16.5. The molecule has 0 aliphatic rings. The van der Waals surface area contributed by atoms with Gasteiger partial charge >= 0.3 is 0 Å². The summed E-state index contributed by atoms with van der Waals surface area (Å²) >= 11 is 0. The first kappa shape index (κ1) is 13.1. The second-order valence-electron chi connectivity index (χ2n) is 4.78. The van der Waals surface area contributed by atoms with Gasteiger partial charge in [0.2, 0.25) is 5.69 Å². The van der Waals surface area contributed by atoms with Crippen molar-refractivity contribution in [2.45, 2.75) is 0 Å². The monoisotopic (exact) mass is 273 g/mol. The van der Waals surface area contributed by atoms with Gasteiger partial charge in [-0.3, -0.25) is 0 Å². The van der Waals surface area contributed by atoms with Gasteiger partial charge in [0.25, 0.3) is 0 Å². The molecule has 21 heavy (non-hydrogen) atoms. The molecule has 0 unspecified atom stereocenters. The summed E-state index contributed by atoms with van der Waals surface area (Å²) in [7, 11) is 0. The van der Waals surface area contributed by atoms with Crippen molar-refractivity contribution in [2.24, 2.45) is 0 Å². The van der Waals surface area contributed by atoms with Gasteiger partial charge in [-0.2, -0.15) is 4.74 Å². The molecule has 0 atom stereocenters. The molecular formula is C19H15NO. The van der Waals surface area contributed by atoms with Crippen LogP contribution >= 0.6 is 0 Å². The third-order valence-corrected chi connectivity index (χ3v) is 3.29. The van der Waals surface area contributed by atoms with E-state index in [0.29, 0.717) is 5.69 Å². The minimum Gasteiger partial charge on any atom is -0.618 e. The first-order valence-corrected chi connectivity index (χ1v) is 6.85. The summed E-state index contributed by atoms with van der Waals surface area (Å²) in [6, 6.07) is 27.3. The van der Waals surface area contributed by atoms with Crippen LogP contribution in [0.15, 0.2) is 84.9 Å². The lowest BCUT2D eigenvalue weighted by atomic mass is 10.0. The van der Waals surface area contributed by atoms with Gasteiger partial charge in [-0.05, 0) is 23.3 Å².